The van der Waals surface area contributed by atoms with Gasteiger partial charge < -0.3 is 5.32 Å². The Bertz CT molecular complexity index is 517. The highest BCUT2D eigenvalue weighted by molar-refractivity contribution is 5.35. The molecule has 5 nitrogen and oxygen atoms in total. The number of halogens is 1. The van der Waals surface area contributed by atoms with Crippen LogP contribution in [0.3, 0.4) is 0 Å². The highest BCUT2D eigenvalue weighted by Crippen LogP contribution is 2.33. The summed E-state index contributed by atoms with van der Waals surface area (Å²) < 4.78 is 14.6. The van der Waals surface area contributed by atoms with E-state index in [4.69, 9.17) is 0 Å². The van der Waals surface area contributed by atoms with Gasteiger partial charge in [-0.2, -0.15) is 0 Å². The molecule has 0 radical (unpaired) electrons. The molecule has 2 atom stereocenters. The van der Waals surface area contributed by atoms with Crippen molar-refractivity contribution in [1.82, 2.24) is 10.2 Å². The van der Waals surface area contributed by atoms with Gasteiger partial charge in [0.25, 0.3) is 5.69 Å². The zero-order valence-electron chi connectivity index (χ0n) is 12.6. The van der Waals surface area contributed by atoms with Gasteiger partial charge in [0, 0.05) is 30.6 Å². The van der Waals surface area contributed by atoms with E-state index in [1.165, 1.54) is 12.1 Å². The van der Waals surface area contributed by atoms with Crippen LogP contribution in [-0.4, -0.2) is 48.2 Å². The first kappa shape index (κ1) is 15.4. The molecule has 1 N–H and O–H groups in total. The first-order valence-electron chi connectivity index (χ1n) is 7.98. The molecule has 2 fully saturated rings. The van der Waals surface area contributed by atoms with Crippen LogP contribution in [0.2, 0.25) is 0 Å². The number of alkyl halides is 1. The molecule has 2 aliphatic heterocycles. The second-order valence-electron chi connectivity index (χ2n) is 6.24. The van der Waals surface area contributed by atoms with Crippen LogP contribution in [0.4, 0.5) is 10.1 Å². The minimum atomic E-state index is -0.898. The lowest BCUT2D eigenvalue weighted by atomic mass is 9.86. The summed E-state index contributed by atoms with van der Waals surface area (Å²) in [5, 5.41) is 14.0. The summed E-state index contributed by atoms with van der Waals surface area (Å²) in [4.78, 5) is 12.6. The van der Waals surface area contributed by atoms with Crippen molar-refractivity contribution in [3.05, 3.63) is 39.9 Å². The summed E-state index contributed by atoms with van der Waals surface area (Å²) in [6.07, 6.45) is 2.07. The van der Waals surface area contributed by atoms with Gasteiger partial charge in [-0.3, -0.25) is 15.0 Å². The zero-order valence-corrected chi connectivity index (χ0v) is 12.6. The number of nitro benzene ring substituents is 1. The largest absolute Gasteiger partial charge is 0.317 e. The maximum absolute atomic E-state index is 14.6. The molecule has 120 valence electrons. The summed E-state index contributed by atoms with van der Waals surface area (Å²) in [7, 11) is 0. The Hall–Kier alpha value is -1.53. The van der Waals surface area contributed by atoms with Gasteiger partial charge >= 0.3 is 0 Å². The quantitative estimate of drug-likeness (QED) is 0.688. The Kier molecular flexibility index (Phi) is 4.69. The fourth-order valence-corrected chi connectivity index (χ4v) is 3.65. The Balaban J connectivity index is 1.63. The van der Waals surface area contributed by atoms with Crippen LogP contribution in [0.5, 0.6) is 0 Å². The normalized spacial score (nSPS) is 27.7. The molecule has 2 heterocycles. The number of likely N-dealkylation sites (tertiary alicyclic amines) is 1. The molecule has 0 bridgehead atoms. The van der Waals surface area contributed by atoms with Crippen molar-refractivity contribution in [2.75, 3.05) is 26.2 Å². The van der Waals surface area contributed by atoms with Gasteiger partial charge in [0.1, 0.15) is 6.17 Å². The van der Waals surface area contributed by atoms with E-state index in [1.54, 1.807) is 12.1 Å². The molecule has 0 amide bonds. The van der Waals surface area contributed by atoms with Gasteiger partial charge in [0.2, 0.25) is 0 Å². The Labute approximate surface area is 129 Å². The molecule has 2 aliphatic rings. The average Bonchev–Trinajstić information content (AvgIpc) is 2.56. The molecule has 6 heteroatoms. The molecule has 1 aromatic carbocycles. The van der Waals surface area contributed by atoms with Crippen LogP contribution in [-0.2, 0) is 0 Å². The van der Waals surface area contributed by atoms with E-state index in [0.717, 1.165) is 44.5 Å². The van der Waals surface area contributed by atoms with E-state index >= 15 is 0 Å². The van der Waals surface area contributed by atoms with E-state index in [2.05, 4.69) is 10.2 Å². The molecule has 1 aromatic rings. The number of rotatable bonds is 3. The van der Waals surface area contributed by atoms with E-state index in [-0.39, 0.29) is 11.6 Å². The van der Waals surface area contributed by atoms with Gasteiger partial charge in [0.15, 0.2) is 0 Å². The molecule has 0 aliphatic carbocycles. The maximum atomic E-state index is 14.6. The third kappa shape index (κ3) is 3.28. The summed E-state index contributed by atoms with van der Waals surface area (Å²) in [5.74, 6) is -0.140. The van der Waals surface area contributed by atoms with Gasteiger partial charge in [-0.05, 0) is 44.5 Å². The predicted molar refractivity (Wildman–Crippen MR) is 82.8 cm³/mol. The lowest BCUT2D eigenvalue weighted by Crippen LogP contribution is -2.49. The van der Waals surface area contributed by atoms with Crippen molar-refractivity contribution in [2.45, 2.75) is 37.4 Å². The van der Waals surface area contributed by atoms with Crippen molar-refractivity contribution in [2.24, 2.45) is 0 Å². The maximum Gasteiger partial charge on any atom is 0.269 e. The number of hydrogen-bond acceptors (Lipinski definition) is 4. The number of non-ortho nitro benzene ring substituents is 1. The molecular weight excluding hydrogens is 285 g/mol. The monoisotopic (exact) mass is 307 g/mol. The number of nitrogens with one attached hydrogen (secondary N) is 1. The van der Waals surface area contributed by atoms with Crippen LogP contribution >= 0.6 is 0 Å². The summed E-state index contributed by atoms with van der Waals surface area (Å²) in [5.41, 5.74) is 0.939. The molecule has 22 heavy (non-hydrogen) atoms. The van der Waals surface area contributed by atoms with E-state index in [0.29, 0.717) is 12.6 Å². The lowest BCUT2D eigenvalue weighted by Gasteiger charge is -2.41. The van der Waals surface area contributed by atoms with Gasteiger partial charge in [-0.25, -0.2) is 4.39 Å². The summed E-state index contributed by atoms with van der Waals surface area (Å²) in [6, 6.07) is 6.85. The Morgan fingerprint density at radius 2 is 1.86 bits per heavy atom. The third-order valence-electron chi connectivity index (χ3n) is 4.93. The molecular formula is C16H22FN3O2. The number of nitrogens with zero attached hydrogens (tertiary/aromatic N) is 2. The van der Waals surface area contributed by atoms with Gasteiger partial charge in [-0.1, -0.05) is 12.1 Å². The van der Waals surface area contributed by atoms with Crippen molar-refractivity contribution < 1.29 is 9.31 Å². The standard InChI is InChI=1S/C16H22FN3O2/c17-16-11-19(13-5-8-18-9-6-13)10-7-15(16)12-1-3-14(4-2-12)20(21)22/h1-4,13,15-16,18H,5-11H2. The molecule has 0 spiro atoms. The fourth-order valence-electron chi connectivity index (χ4n) is 3.65. The summed E-state index contributed by atoms with van der Waals surface area (Å²) in [6.45, 7) is 3.42. The van der Waals surface area contributed by atoms with Crippen LogP contribution in [0.15, 0.2) is 24.3 Å². The van der Waals surface area contributed by atoms with Gasteiger partial charge in [-0.15, -0.1) is 0 Å². The van der Waals surface area contributed by atoms with Gasteiger partial charge in [0.05, 0.1) is 4.92 Å². The van der Waals surface area contributed by atoms with Crippen LogP contribution in [0, 0.1) is 10.1 Å². The van der Waals surface area contributed by atoms with Crippen LogP contribution in [0.25, 0.3) is 0 Å². The molecule has 2 saturated heterocycles. The SMILES string of the molecule is O=[N+]([O-])c1ccc(C2CCN(C3CCNCC3)CC2F)cc1. The lowest BCUT2D eigenvalue weighted by molar-refractivity contribution is -0.384. The van der Waals surface area contributed by atoms with E-state index in [1.807, 2.05) is 0 Å². The van der Waals surface area contributed by atoms with Crippen LogP contribution < -0.4 is 5.32 Å². The van der Waals surface area contributed by atoms with Crippen molar-refractivity contribution >= 4 is 5.69 Å². The smallest absolute Gasteiger partial charge is 0.269 e. The highest BCUT2D eigenvalue weighted by Gasteiger charge is 2.33. The first-order chi connectivity index (χ1) is 10.6. The van der Waals surface area contributed by atoms with Crippen LogP contribution in [0.1, 0.15) is 30.7 Å². The van der Waals surface area contributed by atoms with E-state index in [9.17, 15) is 14.5 Å². The topological polar surface area (TPSA) is 58.4 Å². The predicted octanol–water partition coefficient (Wildman–Crippen LogP) is 2.47. The van der Waals surface area contributed by atoms with E-state index < -0.39 is 11.1 Å². The molecule has 2 unspecified atom stereocenters. The Morgan fingerprint density at radius 1 is 1.18 bits per heavy atom. The number of piperidine rings is 2. The molecule has 0 saturated carbocycles. The molecule has 0 aromatic heterocycles. The zero-order chi connectivity index (χ0) is 15.5. The average molecular weight is 307 g/mol. The fraction of sp³-hybridized carbons (Fsp3) is 0.625. The second kappa shape index (κ2) is 6.71. The Morgan fingerprint density at radius 3 is 2.45 bits per heavy atom. The van der Waals surface area contributed by atoms with Crippen molar-refractivity contribution in [3.63, 3.8) is 0 Å². The van der Waals surface area contributed by atoms with Crippen molar-refractivity contribution in [3.8, 4) is 0 Å². The highest BCUT2D eigenvalue weighted by atomic mass is 19.1. The minimum absolute atomic E-state index is 0.0614. The van der Waals surface area contributed by atoms with Crippen molar-refractivity contribution in [1.29, 1.82) is 0 Å². The first-order valence-corrected chi connectivity index (χ1v) is 7.98. The third-order valence-corrected chi connectivity index (χ3v) is 4.93. The minimum Gasteiger partial charge on any atom is -0.317 e. The number of benzene rings is 1. The number of hydrogen-bond donors (Lipinski definition) is 1. The second-order valence-corrected chi connectivity index (χ2v) is 6.24. The summed E-state index contributed by atoms with van der Waals surface area (Å²) >= 11 is 0. The number of nitro groups is 1. The molecule has 3 rings (SSSR count).